The number of benzene rings is 1. The molecule has 1 unspecified atom stereocenters. The van der Waals surface area contributed by atoms with Crippen LogP contribution in [0.2, 0.25) is 0 Å². The fraction of sp³-hybridized carbons (Fsp3) is 0.438. The number of carbonyl (C=O) groups is 1. The molecule has 0 fully saturated rings. The van der Waals surface area contributed by atoms with Crippen LogP contribution in [0.15, 0.2) is 28.9 Å². The third-order valence-electron chi connectivity index (χ3n) is 3.30. The molecule has 0 saturated carbocycles. The first-order valence-electron chi connectivity index (χ1n) is 6.91. The molecule has 1 aromatic heterocycles. The summed E-state index contributed by atoms with van der Waals surface area (Å²) in [5, 5.41) is 3.91. The van der Waals surface area contributed by atoms with Gasteiger partial charge >= 0.3 is 0 Å². The molecule has 0 aliphatic heterocycles. The summed E-state index contributed by atoms with van der Waals surface area (Å²) in [6.07, 6.45) is 2.97. The maximum Gasteiger partial charge on any atom is 0.224 e. The van der Waals surface area contributed by atoms with E-state index >= 15 is 0 Å². The van der Waals surface area contributed by atoms with Crippen molar-refractivity contribution in [2.24, 2.45) is 0 Å². The molecule has 2 rings (SSSR count). The van der Waals surface area contributed by atoms with Crippen LogP contribution in [-0.4, -0.2) is 25.7 Å². The zero-order valence-corrected chi connectivity index (χ0v) is 12.2. The second kappa shape index (κ2) is 6.57. The smallest absolute Gasteiger partial charge is 0.224 e. The third-order valence-corrected chi connectivity index (χ3v) is 3.30. The second-order valence-corrected chi connectivity index (χ2v) is 5.05. The van der Waals surface area contributed by atoms with Gasteiger partial charge in [0.2, 0.25) is 5.91 Å². The van der Waals surface area contributed by atoms with Crippen LogP contribution in [0.4, 0.5) is 0 Å². The molecule has 2 aromatic rings. The zero-order valence-electron chi connectivity index (χ0n) is 12.2. The number of carbonyl (C=O) groups excluding carboxylic acids is 1. The highest BCUT2D eigenvalue weighted by atomic mass is 16.5. The van der Waals surface area contributed by atoms with E-state index in [0.717, 1.165) is 23.0 Å². The highest BCUT2D eigenvalue weighted by Crippen LogP contribution is 2.23. The van der Waals surface area contributed by atoms with Gasteiger partial charge in [0.15, 0.2) is 0 Å². The van der Waals surface area contributed by atoms with Crippen molar-refractivity contribution in [2.45, 2.75) is 32.7 Å². The standard InChI is InChI=1S/C16H21NO3/c1-4-12-5-6-14-13(10-20-15(14)7-12)8-16(18)17-11(2)9-19-3/h5-7,10-11H,4,8-9H2,1-3H3,(H,17,18). The van der Waals surface area contributed by atoms with Crippen molar-refractivity contribution in [2.75, 3.05) is 13.7 Å². The predicted molar refractivity (Wildman–Crippen MR) is 78.8 cm³/mol. The van der Waals surface area contributed by atoms with Gasteiger partial charge in [-0.25, -0.2) is 0 Å². The third kappa shape index (κ3) is 3.39. The molecule has 20 heavy (non-hydrogen) atoms. The molecule has 0 bridgehead atoms. The van der Waals surface area contributed by atoms with Crippen molar-refractivity contribution in [3.8, 4) is 0 Å². The quantitative estimate of drug-likeness (QED) is 0.882. The minimum Gasteiger partial charge on any atom is -0.464 e. The number of hydrogen-bond acceptors (Lipinski definition) is 3. The number of fused-ring (bicyclic) bond motifs is 1. The maximum atomic E-state index is 12.0. The summed E-state index contributed by atoms with van der Waals surface area (Å²) in [4.78, 5) is 12.0. The van der Waals surface area contributed by atoms with Gasteiger partial charge in [-0.3, -0.25) is 4.79 Å². The Hall–Kier alpha value is -1.81. The van der Waals surface area contributed by atoms with Crippen molar-refractivity contribution < 1.29 is 13.9 Å². The summed E-state index contributed by atoms with van der Waals surface area (Å²) in [5.74, 6) is -0.0168. The molecule has 1 heterocycles. The van der Waals surface area contributed by atoms with Gasteiger partial charge < -0.3 is 14.5 Å². The molecule has 0 aliphatic rings. The number of furan rings is 1. The predicted octanol–water partition coefficient (Wildman–Crippen LogP) is 2.69. The Morgan fingerprint density at radius 3 is 2.95 bits per heavy atom. The maximum absolute atomic E-state index is 12.0. The Morgan fingerprint density at radius 2 is 2.25 bits per heavy atom. The van der Waals surface area contributed by atoms with Gasteiger partial charge in [-0.2, -0.15) is 0 Å². The average Bonchev–Trinajstić information content (AvgIpc) is 2.81. The molecule has 0 saturated heterocycles. The lowest BCUT2D eigenvalue weighted by atomic mass is 10.1. The number of methoxy groups -OCH3 is 1. The number of rotatable bonds is 6. The van der Waals surface area contributed by atoms with E-state index in [2.05, 4.69) is 18.3 Å². The first-order valence-corrected chi connectivity index (χ1v) is 6.91. The first kappa shape index (κ1) is 14.6. The SMILES string of the molecule is CCc1ccc2c(CC(=O)NC(C)COC)coc2c1. The first-order chi connectivity index (χ1) is 9.63. The van der Waals surface area contributed by atoms with Crippen molar-refractivity contribution in [1.29, 1.82) is 0 Å². The second-order valence-electron chi connectivity index (χ2n) is 5.05. The molecule has 1 N–H and O–H groups in total. The number of amides is 1. The van der Waals surface area contributed by atoms with Crippen LogP contribution in [0.3, 0.4) is 0 Å². The van der Waals surface area contributed by atoms with Gasteiger partial charge in [-0.05, 0) is 25.0 Å². The molecule has 1 atom stereocenters. The Balaban J connectivity index is 2.08. The van der Waals surface area contributed by atoms with E-state index in [1.807, 2.05) is 19.1 Å². The van der Waals surface area contributed by atoms with E-state index in [-0.39, 0.29) is 11.9 Å². The fourth-order valence-electron chi connectivity index (χ4n) is 2.27. The summed E-state index contributed by atoms with van der Waals surface area (Å²) in [6.45, 7) is 4.54. The molecule has 1 aromatic carbocycles. The van der Waals surface area contributed by atoms with Crippen molar-refractivity contribution in [3.05, 3.63) is 35.6 Å². The van der Waals surface area contributed by atoms with E-state index in [1.165, 1.54) is 5.56 Å². The number of hydrogen-bond donors (Lipinski definition) is 1. The highest BCUT2D eigenvalue weighted by Gasteiger charge is 2.12. The molecule has 4 heteroatoms. The minimum atomic E-state index is -0.0168. The number of aryl methyl sites for hydroxylation is 1. The summed E-state index contributed by atoms with van der Waals surface area (Å²) in [5.41, 5.74) is 3.00. The van der Waals surface area contributed by atoms with Crippen LogP contribution >= 0.6 is 0 Å². The molecule has 108 valence electrons. The van der Waals surface area contributed by atoms with E-state index in [0.29, 0.717) is 13.0 Å². The van der Waals surface area contributed by atoms with E-state index in [4.69, 9.17) is 9.15 Å². The normalized spacial score (nSPS) is 12.6. The summed E-state index contributed by atoms with van der Waals surface area (Å²) in [6, 6.07) is 6.15. The average molecular weight is 275 g/mol. The van der Waals surface area contributed by atoms with E-state index in [1.54, 1.807) is 13.4 Å². The van der Waals surface area contributed by atoms with Gasteiger partial charge in [-0.1, -0.05) is 19.1 Å². The van der Waals surface area contributed by atoms with Crippen LogP contribution < -0.4 is 5.32 Å². The van der Waals surface area contributed by atoms with Crippen LogP contribution in [-0.2, 0) is 22.4 Å². The Morgan fingerprint density at radius 1 is 1.45 bits per heavy atom. The largest absolute Gasteiger partial charge is 0.464 e. The van der Waals surface area contributed by atoms with Crippen molar-refractivity contribution in [1.82, 2.24) is 5.32 Å². The Labute approximate surface area is 119 Å². The fourth-order valence-corrected chi connectivity index (χ4v) is 2.27. The van der Waals surface area contributed by atoms with Crippen molar-refractivity contribution >= 4 is 16.9 Å². The van der Waals surface area contributed by atoms with Gasteiger partial charge in [0.05, 0.1) is 19.3 Å². The molecule has 4 nitrogen and oxygen atoms in total. The molecule has 0 radical (unpaired) electrons. The Kier molecular flexibility index (Phi) is 4.79. The molecule has 1 amide bonds. The monoisotopic (exact) mass is 275 g/mol. The van der Waals surface area contributed by atoms with Crippen LogP contribution in [0.5, 0.6) is 0 Å². The van der Waals surface area contributed by atoms with Crippen LogP contribution in [0.25, 0.3) is 11.0 Å². The minimum absolute atomic E-state index is 0.0114. The molecular weight excluding hydrogens is 254 g/mol. The molecule has 0 aliphatic carbocycles. The van der Waals surface area contributed by atoms with Gasteiger partial charge in [-0.15, -0.1) is 0 Å². The lowest BCUT2D eigenvalue weighted by Gasteiger charge is -2.12. The Bertz CT molecular complexity index is 588. The summed E-state index contributed by atoms with van der Waals surface area (Å²) < 4.78 is 10.5. The number of nitrogens with one attached hydrogen (secondary N) is 1. The summed E-state index contributed by atoms with van der Waals surface area (Å²) >= 11 is 0. The van der Waals surface area contributed by atoms with Crippen molar-refractivity contribution in [3.63, 3.8) is 0 Å². The van der Waals surface area contributed by atoms with E-state index < -0.39 is 0 Å². The topological polar surface area (TPSA) is 51.5 Å². The lowest BCUT2D eigenvalue weighted by molar-refractivity contribution is -0.121. The molecule has 0 spiro atoms. The van der Waals surface area contributed by atoms with Crippen LogP contribution in [0, 0.1) is 0 Å². The van der Waals surface area contributed by atoms with E-state index in [9.17, 15) is 4.79 Å². The lowest BCUT2D eigenvalue weighted by Crippen LogP contribution is -2.36. The highest BCUT2D eigenvalue weighted by molar-refractivity contribution is 5.88. The molecular formula is C16H21NO3. The number of ether oxygens (including phenoxy) is 1. The van der Waals surface area contributed by atoms with Gasteiger partial charge in [0.25, 0.3) is 0 Å². The van der Waals surface area contributed by atoms with Gasteiger partial charge in [0, 0.05) is 24.1 Å². The summed E-state index contributed by atoms with van der Waals surface area (Å²) in [7, 11) is 1.62. The zero-order chi connectivity index (χ0) is 14.5. The van der Waals surface area contributed by atoms with Gasteiger partial charge in [0.1, 0.15) is 5.58 Å². The van der Waals surface area contributed by atoms with Crippen LogP contribution in [0.1, 0.15) is 25.0 Å².